The normalized spacial score (nSPS) is 10.5. The summed E-state index contributed by atoms with van der Waals surface area (Å²) in [5.41, 5.74) is 6.81. The molecule has 0 spiro atoms. The number of benzene rings is 2. The first-order chi connectivity index (χ1) is 11.2. The first-order valence-corrected chi connectivity index (χ1v) is 8.44. The first kappa shape index (κ1) is 18.6. The number of hydrogen-bond donors (Lipinski definition) is 2. The van der Waals surface area contributed by atoms with Crippen LogP contribution in [0.5, 0.6) is 17.2 Å². The molecule has 2 aromatic rings. The number of phenols is 1. The smallest absolute Gasteiger partial charge is 0.142 e. The molecular formula is C18H22N2O2S. The molecule has 0 heterocycles. The summed E-state index contributed by atoms with van der Waals surface area (Å²) in [6.45, 7) is 7.48. The highest BCUT2D eigenvalue weighted by Crippen LogP contribution is 2.36. The number of thioether (sulfide) groups is 1. The van der Waals surface area contributed by atoms with E-state index >= 15 is 0 Å². The Morgan fingerprint density at radius 1 is 1.26 bits per heavy atom. The Balaban J connectivity index is 0.00000127. The zero-order valence-corrected chi connectivity index (χ0v) is 14.4. The van der Waals surface area contributed by atoms with Gasteiger partial charge in [-0.25, -0.2) is 0 Å². The van der Waals surface area contributed by atoms with Crippen molar-refractivity contribution in [2.75, 3.05) is 12.0 Å². The number of phenolic OH excluding ortho intramolecular Hbond substituents is 1. The van der Waals surface area contributed by atoms with Crippen LogP contribution < -0.4 is 10.5 Å². The number of aromatic hydroxyl groups is 1. The monoisotopic (exact) mass is 330 g/mol. The Labute approximate surface area is 141 Å². The summed E-state index contributed by atoms with van der Waals surface area (Å²) >= 11 is 1.56. The fraction of sp³-hybridized carbons (Fsp3) is 0.167. The molecule has 3 N–H and O–H groups in total. The van der Waals surface area contributed by atoms with E-state index in [0.29, 0.717) is 17.2 Å². The summed E-state index contributed by atoms with van der Waals surface area (Å²) < 4.78 is 5.84. The number of rotatable bonds is 5. The molecule has 5 heteroatoms. The first-order valence-electron chi connectivity index (χ1n) is 7.21. The molecule has 122 valence electrons. The Bertz CT molecular complexity index is 684. The number of ether oxygens (including phenoxy) is 1. The summed E-state index contributed by atoms with van der Waals surface area (Å²) in [5, 5.41) is 9.64. The van der Waals surface area contributed by atoms with Gasteiger partial charge >= 0.3 is 0 Å². The molecule has 0 amide bonds. The van der Waals surface area contributed by atoms with E-state index in [1.54, 1.807) is 30.1 Å². The predicted molar refractivity (Wildman–Crippen MR) is 101 cm³/mol. The molecule has 0 aliphatic heterocycles. The van der Waals surface area contributed by atoms with E-state index in [1.807, 2.05) is 44.4 Å². The molecule has 0 bridgehead atoms. The van der Waals surface area contributed by atoms with E-state index in [1.165, 1.54) is 6.07 Å². The number of nitrogens with zero attached hydrogens (tertiary/aromatic N) is 1. The van der Waals surface area contributed by atoms with Crippen molar-refractivity contribution < 1.29 is 9.84 Å². The average Bonchev–Trinajstić information content (AvgIpc) is 2.58. The number of aliphatic imine (C=N–C) groups is 1. The number of nitrogens with two attached hydrogens (primary N) is 1. The van der Waals surface area contributed by atoms with Crippen LogP contribution in [-0.2, 0) is 0 Å². The van der Waals surface area contributed by atoms with E-state index in [-0.39, 0.29) is 5.75 Å². The van der Waals surface area contributed by atoms with Gasteiger partial charge in [0.05, 0.1) is 5.69 Å². The largest absolute Gasteiger partial charge is 0.506 e. The SMILES string of the molecule is C=N/C=C(\SC)c1ccccc1Oc1ccc(N)c(O)c1.CC. The third kappa shape index (κ3) is 5.07. The summed E-state index contributed by atoms with van der Waals surface area (Å²) in [6.07, 6.45) is 3.65. The van der Waals surface area contributed by atoms with Crippen molar-refractivity contribution in [1.82, 2.24) is 0 Å². The molecule has 0 radical (unpaired) electrons. The highest BCUT2D eigenvalue weighted by molar-refractivity contribution is 8.07. The molecule has 0 aromatic heterocycles. The van der Waals surface area contributed by atoms with E-state index in [0.717, 1.165) is 10.5 Å². The zero-order valence-electron chi connectivity index (χ0n) is 13.6. The summed E-state index contributed by atoms with van der Waals surface area (Å²) in [7, 11) is 0. The van der Waals surface area contributed by atoms with Crippen molar-refractivity contribution >= 4 is 29.1 Å². The Hall–Kier alpha value is -2.40. The lowest BCUT2D eigenvalue weighted by Crippen LogP contribution is -1.91. The van der Waals surface area contributed by atoms with Crippen LogP contribution in [0.4, 0.5) is 5.69 Å². The van der Waals surface area contributed by atoms with Gasteiger partial charge in [0, 0.05) is 22.7 Å². The van der Waals surface area contributed by atoms with Crippen molar-refractivity contribution in [3.05, 3.63) is 54.2 Å². The lowest BCUT2D eigenvalue weighted by Gasteiger charge is -2.12. The second-order valence-corrected chi connectivity index (χ2v) is 5.05. The van der Waals surface area contributed by atoms with Gasteiger partial charge in [0.1, 0.15) is 17.2 Å². The molecule has 0 atom stereocenters. The molecule has 2 aromatic carbocycles. The van der Waals surface area contributed by atoms with Gasteiger partial charge in [-0.05, 0) is 31.2 Å². The maximum Gasteiger partial charge on any atom is 0.142 e. The molecule has 4 nitrogen and oxygen atoms in total. The molecule has 0 saturated heterocycles. The van der Waals surface area contributed by atoms with Gasteiger partial charge in [0.2, 0.25) is 0 Å². The van der Waals surface area contributed by atoms with E-state index in [9.17, 15) is 5.11 Å². The second kappa shape index (κ2) is 9.58. The topological polar surface area (TPSA) is 67.8 Å². The van der Waals surface area contributed by atoms with Gasteiger partial charge in [-0.3, -0.25) is 4.99 Å². The van der Waals surface area contributed by atoms with E-state index < -0.39 is 0 Å². The zero-order chi connectivity index (χ0) is 17.2. The van der Waals surface area contributed by atoms with Gasteiger partial charge in [0.25, 0.3) is 0 Å². The Morgan fingerprint density at radius 3 is 2.57 bits per heavy atom. The molecule has 23 heavy (non-hydrogen) atoms. The Morgan fingerprint density at radius 2 is 1.96 bits per heavy atom. The van der Waals surface area contributed by atoms with Crippen LogP contribution in [0.25, 0.3) is 4.91 Å². The third-order valence-electron chi connectivity index (χ3n) is 2.81. The quantitative estimate of drug-likeness (QED) is 0.452. The standard InChI is InChI=1S/C16H16N2O2S.C2H6/c1-18-10-16(21-2)12-5-3-4-6-15(12)20-11-7-8-13(17)14(19)9-11;1-2/h3-10,19H,1,17H2,2H3;1-2H3/b16-10-;. The van der Waals surface area contributed by atoms with Crippen molar-refractivity contribution in [3.8, 4) is 17.2 Å². The third-order valence-corrected chi connectivity index (χ3v) is 3.58. The molecule has 0 fully saturated rings. The Kier molecular flexibility index (Phi) is 7.77. The number of nitrogen functional groups attached to an aromatic ring is 1. The summed E-state index contributed by atoms with van der Waals surface area (Å²) in [4.78, 5) is 4.76. The summed E-state index contributed by atoms with van der Waals surface area (Å²) in [5.74, 6) is 1.19. The number of hydrogen-bond acceptors (Lipinski definition) is 5. The van der Waals surface area contributed by atoms with Crippen LogP contribution in [0.15, 0.2) is 53.7 Å². The van der Waals surface area contributed by atoms with Crippen molar-refractivity contribution in [3.63, 3.8) is 0 Å². The van der Waals surface area contributed by atoms with Crippen LogP contribution in [0.1, 0.15) is 19.4 Å². The summed E-state index contributed by atoms with van der Waals surface area (Å²) in [6, 6.07) is 12.4. The van der Waals surface area contributed by atoms with Crippen molar-refractivity contribution in [2.24, 2.45) is 4.99 Å². The van der Waals surface area contributed by atoms with Crippen LogP contribution >= 0.6 is 11.8 Å². The minimum atomic E-state index is -0.00151. The highest BCUT2D eigenvalue weighted by Gasteiger charge is 2.09. The number of para-hydroxylation sites is 1. The lowest BCUT2D eigenvalue weighted by molar-refractivity contribution is 0.456. The molecule has 0 unspecified atom stereocenters. The van der Waals surface area contributed by atoms with Crippen LogP contribution in [0, 0.1) is 0 Å². The van der Waals surface area contributed by atoms with Gasteiger partial charge < -0.3 is 15.6 Å². The number of anilines is 1. The van der Waals surface area contributed by atoms with Gasteiger partial charge in [-0.1, -0.05) is 32.0 Å². The van der Waals surface area contributed by atoms with Crippen molar-refractivity contribution in [2.45, 2.75) is 13.8 Å². The fourth-order valence-corrected chi connectivity index (χ4v) is 2.36. The molecule has 0 saturated carbocycles. The second-order valence-electron chi connectivity index (χ2n) is 4.20. The highest BCUT2D eigenvalue weighted by atomic mass is 32.2. The van der Waals surface area contributed by atoms with Gasteiger partial charge in [-0.2, -0.15) is 0 Å². The van der Waals surface area contributed by atoms with Crippen molar-refractivity contribution in [1.29, 1.82) is 0 Å². The predicted octanol–water partition coefficient (Wildman–Crippen LogP) is 5.15. The van der Waals surface area contributed by atoms with Crippen LogP contribution in [0.2, 0.25) is 0 Å². The molecule has 2 rings (SSSR count). The molecule has 0 aliphatic rings. The van der Waals surface area contributed by atoms with Crippen LogP contribution in [-0.4, -0.2) is 18.1 Å². The fourth-order valence-electron chi connectivity index (χ4n) is 1.79. The minimum Gasteiger partial charge on any atom is -0.506 e. The van der Waals surface area contributed by atoms with E-state index in [2.05, 4.69) is 11.7 Å². The van der Waals surface area contributed by atoms with Gasteiger partial charge in [-0.15, -0.1) is 11.8 Å². The lowest BCUT2D eigenvalue weighted by atomic mass is 10.2. The maximum absolute atomic E-state index is 9.64. The minimum absolute atomic E-state index is 0.00151. The van der Waals surface area contributed by atoms with Crippen LogP contribution in [0.3, 0.4) is 0 Å². The van der Waals surface area contributed by atoms with E-state index in [4.69, 9.17) is 10.5 Å². The maximum atomic E-state index is 9.64. The molecular weight excluding hydrogens is 308 g/mol. The van der Waals surface area contributed by atoms with Gasteiger partial charge in [0.15, 0.2) is 0 Å². The molecule has 0 aliphatic carbocycles. The average molecular weight is 330 g/mol.